The van der Waals surface area contributed by atoms with E-state index in [9.17, 15) is 4.79 Å². The largest absolute Gasteiger partial charge is 0.374 e. The summed E-state index contributed by atoms with van der Waals surface area (Å²) in [6, 6.07) is 10.6. The third-order valence-electron chi connectivity index (χ3n) is 2.87. The first-order valence-corrected chi connectivity index (χ1v) is 7.17. The Balaban J connectivity index is 2.02. The molecule has 0 bridgehead atoms. The number of pyridine rings is 1. The van der Waals surface area contributed by atoms with Crippen LogP contribution >= 0.6 is 23.2 Å². The van der Waals surface area contributed by atoms with Gasteiger partial charge in [0.25, 0.3) is 0 Å². The van der Waals surface area contributed by atoms with Crippen LogP contribution in [0.4, 0.5) is 11.4 Å². The zero-order valence-electron chi connectivity index (χ0n) is 11.7. The number of hydrogen-bond acceptors (Lipinski definition) is 3. The fourth-order valence-electron chi connectivity index (χ4n) is 1.80. The zero-order valence-corrected chi connectivity index (χ0v) is 13.2. The molecule has 0 aliphatic carbocycles. The summed E-state index contributed by atoms with van der Waals surface area (Å²) in [6.45, 7) is 3.77. The molecule has 2 rings (SSSR count). The van der Waals surface area contributed by atoms with E-state index in [-0.39, 0.29) is 16.2 Å². The Bertz CT molecular complexity index is 661. The van der Waals surface area contributed by atoms with Crippen LogP contribution in [0.3, 0.4) is 0 Å². The smallest absolute Gasteiger partial charge is 0.246 e. The molecule has 0 radical (unpaired) electrons. The molecular formula is C15H15Cl2N3O. The number of anilines is 2. The van der Waals surface area contributed by atoms with Crippen LogP contribution in [0.1, 0.15) is 12.5 Å². The highest BCUT2D eigenvalue weighted by molar-refractivity contribution is 6.34. The lowest BCUT2D eigenvalue weighted by Gasteiger charge is -2.16. The Morgan fingerprint density at radius 1 is 1.24 bits per heavy atom. The van der Waals surface area contributed by atoms with Crippen molar-refractivity contribution in [1.82, 2.24) is 4.98 Å². The maximum Gasteiger partial charge on any atom is 0.246 e. The molecule has 21 heavy (non-hydrogen) atoms. The van der Waals surface area contributed by atoms with Crippen LogP contribution in [0, 0.1) is 6.92 Å². The number of carbonyl (C=O) groups excluding carboxylic acids is 1. The molecule has 1 aromatic carbocycles. The van der Waals surface area contributed by atoms with Crippen LogP contribution in [0.25, 0.3) is 0 Å². The van der Waals surface area contributed by atoms with Crippen molar-refractivity contribution < 1.29 is 4.79 Å². The van der Waals surface area contributed by atoms with Crippen molar-refractivity contribution >= 4 is 40.5 Å². The van der Waals surface area contributed by atoms with Crippen LogP contribution in [0.5, 0.6) is 0 Å². The number of hydrogen-bond donors (Lipinski definition) is 2. The van der Waals surface area contributed by atoms with E-state index in [0.29, 0.717) is 5.69 Å². The van der Waals surface area contributed by atoms with E-state index in [1.807, 2.05) is 31.2 Å². The molecule has 0 aliphatic heterocycles. The van der Waals surface area contributed by atoms with Gasteiger partial charge in [-0.1, -0.05) is 35.3 Å². The monoisotopic (exact) mass is 323 g/mol. The summed E-state index contributed by atoms with van der Waals surface area (Å²) in [4.78, 5) is 16.0. The van der Waals surface area contributed by atoms with Crippen molar-refractivity contribution in [3.63, 3.8) is 0 Å². The van der Waals surface area contributed by atoms with Gasteiger partial charge in [0, 0.05) is 5.69 Å². The lowest BCUT2D eigenvalue weighted by Crippen LogP contribution is -2.32. The molecule has 0 spiro atoms. The molecule has 0 unspecified atom stereocenters. The second-order valence-corrected chi connectivity index (χ2v) is 5.44. The second-order valence-electron chi connectivity index (χ2n) is 4.70. The van der Waals surface area contributed by atoms with Crippen molar-refractivity contribution in [2.75, 3.05) is 10.6 Å². The first-order valence-electron chi connectivity index (χ1n) is 6.42. The number of rotatable bonds is 4. The summed E-state index contributed by atoms with van der Waals surface area (Å²) in [6.07, 6.45) is 0. The Hall–Kier alpha value is -1.78. The number of aromatic nitrogens is 1. The van der Waals surface area contributed by atoms with Gasteiger partial charge in [0.05, 0.1) is 5.69 Å². The Labute approximate surface area is 133 Å². The molecule has 1 amide bonds. The van der Waals surface area contributed by atoms with E-state index < -0.39 is 6.04 Å². The van der Waals surface area contributed by atoms with Gasteiger partial charge in [-0.3, -0.25) is 4.79 Å². The summed E-state index contributed by atoms with van der Waals surface area (Å²) >= 11 is 11.6. The van der Waals surface area contributed by atoms with E-state index in [1.165, 1.54) is 0 Å². The minimum absolute atomic E-state index is 0.165. The van der Waals surface area contributed by atoms with Crippen molar-refractivity contribution in [2.45, 2.75) is 19.9 Å². The fraction of sp³-hybridized carbons (Fsp3) is 0.200. The number of carbonyl (C=O) groups is 1. The van der Waals surface area contributed by atoms with Gasteiger partial charge in [0.1, 0.15) is 11.2 Å². The third kappa shape index (κ3) is 4.34. The molecule has 0 fully saturated rings. The molecule has 6 heteroatoms. The Morgan fingerprint density at radius 2 is 2.00 bits per heavy atom. The minimum atomic E-state index is -0.418. The highest BCUT2D eigenvalue weighted by Gasteiger charge is 2.14. The zero-order chi connectivity index (χ0) is 15.4. The van der Waals surface area contributed by atoms with E-state index >= 15 is 0 Å². The molecule has 0 aliphatic rings. The molecule has 110 valence electrons. The summed E-state index contributed by atoms with van der Waals surface area (Å²) < 4.78 is 0. The van der Waals surface area contributed by atoms with Gasteiger partial charge in [0.2, 0.25) is 5.91 Å². The van der Waals surface area contributed by atoms with Gasteiger partial charge in [0.15, 0.2) is 5.15 Å². The van der Waals surface area contributed by atoms with E-state index in [1.54, 1.807) is 19.1 Å². The lowest BCUT2D eigenvalue weighted by molar-refractivity contribution is -0.116. The molecule has 2 aromatic rings. The van der Waals surface area contributed by atoms with Crippen LogP contribution in [-0.2, 0) is 4.79 Å². The van der Waals surface area contributed by atoms with Crippen LogP contribution in [0.2, 0.25) is 10.3 Å². The summed E-state index contributed by atoms with van der Waals surface area (Å²) in [5, 5.41) is 6.30. The van der Waals surface area contributed by atoms with E-state index in [2.05, 4.69) is 15.6 Å². The molecule has 0 saturated heterocycles. The standard InChI is InChI=1S/C15H15Cl2N3O/c1-9-4-3-5-11(8-9)18-10(2)15(21)19-12-6-7-13(16)20-14(12)17/h3-8,10,18H,1-2H3,(H,19,21)/t10-/m1/s1. The van der Waals surface area contributed by atoms with Crippen LogP contribution < -0.4 is 10.6 Å². The van der Waals surface area contributed by atoms with Gasteiger partial charge < -0.3 is 10.6 Å². The summed E-state index contributed by atoms with van der Waals surface area (Å²) in [5.41, 5.74) is 2.44. The maximum absolute atomic E-state index is 12.1. The Kier molecular flexibility index (Phi) is 5.04. The van der Waals surface area contributed by atoms with Crippen LogP contribution in [-0.4, -0.2) is 16.9 Å². The second kappa shape index (κ2) is 6.78. The summed E-state index contributed by atoms with van der Waals surface area (Å²) in [5.74, 6) is -0.206. The van der Waals surface area contributed by atoms with E-state index in [4.69, 9.17) is 23.2 Å². The maximum atomic E-state index is 12.1. The quantitative estimate of drug-likeness (QED) is 0.831. The van der Waals surface area contributed by atoms with E-state index in [0.717, 1.165) is 11.3 Å². The van der Waals surface area contributed by atoms with Crippen molar-refractivity contribution in [3.05, 3.63) is 52.3 Å². The SMILES string of the molecule is Cc1cccc(N[C@H](C)C(=O)Nc2ccc(Cl)nc2Cl)c1. The first-order chi connectivity index (χ1) is 9.95. The van der Waals surface area contributed by atoms with Gasteiger partial charge in [-0.2, -0.15) is 0 Å². The number of aryl methyl sites for hydroxylation is 1. The number of amides is 1. The molecule has 4 nitrogen and oxygen atoms in total. The predicted molar refractivity (Wildman–Crippen MR) is 87.2 cm³/mol. The molecule has 0 saturated carbocycles. The fourth-order valence-corrected chi connectivity index (χ4v) is 2.19. The van der Waals surface area contributed by atoms with Crippen molar-refractivity contribution in [2.24, 2.45) is 0 Å². The minimum Gasteiger partial charge on any atom is -0.374 e. The van der Waals surface area contributed by atoms with Gasteiger partial charge in [-0.05, 0) is 43.7 Å². The Morgan fingerprint density at radius 3 is 2.67 bits per heavy atom. The molecule has 1 atom stereocenters. The number of halogens is 2. The van der Waals surface area contributed by atoms with Gasteiger partial charge in [-0.25, -0.2) is 4.98 Å². The molecule has 1 heterocycles. The average Bonchev–Trinajstić information content (AvgIpc) is 2.41. The van der Waals surface area contributed by atoms with Crippen molar-refractivity contribution in [3.8, 4) is 0 Å². The molecule has 2 N–H and O–H groups in total. The van der Waals surface area contributed by atoms with Gasteiger partial charge >= 0.3 is 0 Å². The van der Waals surface area contributed by atoms with Crippen molar-refractivity contribution in [1.29, 1.82) is 0 Å². The van der Waals surface area contributed by atoms with Gasteiger partial charge in [-0.15, -0.1) is 0 Å². The predicted octanol–water partition coefficient (Wildman–Crippen LogP) is 4.14. The molecular weight excluding hydrogens is 309 g/mol. The average molecular weight is 324 g/mol. The highest BCUT2D eigenvalue weighted by atomic mass is 35.5. The topological polar surface area (TPSA) is 54.0 Å². The number of benzene rings is 1. The third-order valence-corrected chi connectivity index (χ3v) is 3.37. The first kappa shape index (κ1) is 15.6. The van der Waals surface area contributed by atoms with Crippen LogP contribution in [0.15, 0.2) is 36.4 Å². The normalized spacial score (nSPS) is 11.8. The number of nitrogens with zero attached hydrogens (tertiary/aromatic N) is 1. The summed E-state index contributed by atoms with van der Waals surface area (Å²) in [7, 11) is 0. The highest BCUT2D eigenvalue weighted by Crippen LogP contribution is 2.22. The molecule has 1 aromatic heterocycles. The number of nitrogens with one attached hydrogen (secondary N) is 2. The lowest BCUT2D eigenvalue weighted by atomic mass is 10.2.